The van der Waals surface area contributed by atoms with Gasteiger partial charge in [0.1, 0.15) is 5.82 Å². The van der Waals surface area contributed by atoms with E-state index >= 15 is 0 Å². The number of fused-ring (bicyclic) bond motifs is 2. The van der Waals surface area contributed by atoms with Gasteiger partial charge in [-0.15, -0.1) is 0 Å². The highest BCUT2D eigenvalue weighted by atomic mass is 32.2. The van der Waals surface area contributed by atoms with E-state index in [1.807, 2.05) is 6.08 Å². The summed E-state index contributed by atoms with van der Waals surface area (Å²) in [5, 5.41) is 0. The summed E-state index contributed by atoms with van der Waals surface area (Å²) in [5.41, 5.74) is 0. The number of nitrogens with one attached hydrogen (secondary N) is 1. The summed E-state index contributed by atoms with van der Waals surface area (Å²) in [7, 11) is -3.89. The number of rotatable bonds is 4. The molecule has 2 aliphatic rings. The molecule has 22 heavy (non-hydrogen) atoms. The van der Waals surface area contributed by atoms with Crippen molar-refractivity contribution in [3.05, 3.63) is 42.2 Å². The standard InChI is InChI=1S/C15H17FN2O3S/c16-11-3-1-6-14(9-11)22(20,21)17-10-15(19)18-12-4-2-5-13(18)8-7-12/h1-4,6,9,12-13,17H,5,7-8,10H2. The number of carbonyl (C=O) groups is 1. The fourth-order valence-corrected chi connectivity index (χ4v) is 4.08. The summed E-state index contributed by atoms with van der Waals surface area (Å²) < 4.78 is 39.6. The van der Waals surface area contributed by atoms with Gasteiger partial charge in [0.25, 0.3) is 0 Å². The first-order valence-electron chi connectivity index (χ1n) is 7.20. The molecule has 1 saturated heterocycles. The topological polar surface area (TPSA) is 66.5 Å². The van der Waals surface area contributed by atoms with Crippen LogP contribution in [-0.4, -0.2) is 37.9 Å². The van der Waals surface area contributed by atoms with Gasteiger partial charge < -0.3 is 4.90 Å². The van der Waals surface area contributed by atoms with E-state index < -0.39 is 15.8 Å². The van der Waals surface area contributed by atoms with Gasteiger partial charge in [-0.2, -0.15) is 0 Å². The summed E-state index contributed by atoms with van der Waals surface area (Å²) in [6.45, 7) is -0.306. The molecule has 0 aliphatic carbocycles. The Morgan fingerprint density at radius 2 is 2.18 bits per heavy atom. The third kappa shape index (κ3) is 2.91. The molecule has 0 spiro atoms. The van der Waals surface area contributed by atoms with Gasteiger partial charge in [0.15, 0.2) is 0 Å². The Kier molecular flexibility index (Phi) is 4.01. The Bertz CT molecular complexity index is 717. The molecule has 5 nitrogen and oxygen atoms in total. The lowest BCUT2D eigenvalue weighted by Gasteiger charge is -2.31. The van der Waals surface area contributed by atoms with Crippen molar-refractivity contribution in [2.24, 2.45) is 0 Å². The monoisotopic (exact) mass is 324 g/mol. The molecule has 2 atom stereocenters. The van der Waals surface area contributed by atoms with Gasteiger partial charge in [0, 0.05) is 6.04 Å². The minimum absolute atomic E-state index is 0.0740. The van der Waals surface area contributed by atoms with Crippen LogP contribution in [0.15, 0.2) is 41.3 Å². The van der Waals surface area contributed by atoms with Crippen LogP contribution in [0.25, 0.3) is 0 Å². The highest BCUT2D eigenvalue weighted by Gasteiger charge is 2.37. The van der Waals surface area contributed by atoms with E-state index in [1.54, 1.807) is 4.90 Å². The lowest BCUT2D eigenvalue weighted by molar-refractivity contribution is -0.132. The molecule has 7 heteroatoms. The molecule has 2 heterocycles. The molecule has 1 aromatic carbocycles. The molecule has 1 aromatic rings. The zero-order valence-corrected chi connectivity index (χ0v) is 12.7. The number of benzene rings is 1. The second-order valence-electron chi connectivity index (χ2n) is 5.55. The molecule has 1 N–H and O–H groups in total. The first-order valence-corrected chi connectivity index (χ1v) is 8.69. The first kappa shape index (κ1) is 15.2. The van der Waals surface area contributed by atoms with Crippen LogP contribution in [0.5, 0.6) is 0 Å². The quantitative estimate of drug-likeness (QED) is 0.852. The van der Waals surface area contributed by atoms with Gasteiger partial charge in [0.05, 0.1) is 17.5 Å². The van der Waals surface area contributed by atoms with Crippen LogP contribution in [0.1, 0.15) is 19.3 Å². The number of hydrogen-bond donors (Lipinski definition) is 1. The van der Waals surface area contributed by atoms with E-state index in [0.717, 1.165) is 25.3 Å². The summed E-state index contributed by atoms with van der Waals surface area (Å²) in [5.74, 6) is -0.870. The summed E-state index contributed by atoms with van der Waals surface area (Å²) >= 11 is 0. The fraction of sp³-hybridized carbons (Fsp3) is 0.400. The molecule has 0 saturated carbocycles. The summed E-state index contributed by atoms with van der Waals surface area (Å²) in [4.78, 5) is 13.9. The van der Waals surface area contributed by atoms with Gasteiger partial charge >= 0.3 is 0 Å². The SMILES string of the molecule is O=C(CNS(=O)(=O)c1cccc(F)c1)N1C2C=CCC1CC2. The normalized spacial score (nSPS) is 23.8. The number of nitrogens with zero attached hydrogens (tertiary/aromatic N) is 1. The van der Waals surface area contributed by atoms with Gasteiger partial charge in [0.2, 0.25) is 15.9 Å². The predicted octanol–water partition coefficient (Wildman–Crippen LogP) is 1.42. The molecule has 2 bridgehead atoms. The lowest BCUT2D eigenvalue weighted by Crippen LogP contribution is -2.47. The number of hydrogen-bond acceptors (Lipinski definition) is 3. The Morgan fingerprint density at radius 3 is 2.91 bits per heavy atom. The molecular weight excluding hydrogens is 307 g/mol. The largest absolute Gasteiger partial charge is 0.332 e. The maximum Gasteiger partial charge on any atom is 0.241 e. The number of carbonyl (C=O) groups excluding carboxylic acids is 1. The van der Waals surface area contributed by atoms with E-state index in [9.17, 15) is 17.6 Å². The van der Waals surface area contributed by atoms with Crippen LogP contribution in [0.4, 0.5) is 4.39 Å². The van der Waals surface area contributed by atoms with E-state index in [4.69, 9.17) is 0 Å². The molecule has 118 valence electrons. The second-order valence-corrected chi connectivity index (χ2v) is 7.31. The highest BCUT2D eigenvalue weighted by Crippen LogP contribution is 2.31. The van der Waals surface area contributed by atoms with Crippen molar-refractivity contribution in [3.63, 3.8) is 0 Å². The average molecular weight is 324 g/mol. The molecule has 2 unspecified atom stereocenters. The Labute approximate surface area is 128 Å². The van der Waals surface area contributed by atoms with Crippen molar-refractivity contribution in [2.45, 2.75) is 36.2 Å². The average Bonchev–Trinajstić information content (AvgIpc) is 2.74. The van der Waals surface area contributed by atoms with Gasteiger partial charge in [-0.05, 0) is 37.5 Å². The van der Waals surface area contributed by atoms with Crippen LogP contribution < -0.4 is 4.72 Å². The van der Waals surface area contributed by atoms with Crippen LogP contribution in [0.2, 0.25) is 0 Å². The van der Waals surface area contributed by atoms with Gasteiger partial charge in [-0.25, -0.2) is 17.5 Å². The van der Waals surface area contributed by atoms with Crippen molar-refractivity contribution in [1.82, 2.24) is 9.62 Å². The Balaban J connectivity index is 1.67. The maximum atomic E-state index is 13.1. The first-order chi connectivity index (χ1) is 10.5. The van der Waals surface area contributed by atoms with E-state index in [1.165, 1.54) is 18.2 Å². The van der Waals surface area contributed by atoms with Crippen molar-refractivity contribution in [2.75, 3.05) is 6.54 Å². The minimum atomic E-state index is -3.89. The third-order valence-electron chi connectivity index (χ3n) is 4.12. The van der Waals surface area contributed by atoms with Crippen LogP contribution in [0, 0.1) is 5.82 Å². The predicted molar refractivity (Wildman–Crippen MR) is 79.0 cm³/mol. The van der Waals surface area contributed by atoms with E-state index in [-0.39, 0.29) is 29.4 Å². The molecule has 0 radical (unpaired) electrons. The van der Waals surface area contributed by atoms with Crippen LogP contribution in [-0.2, 0) is 14.8 Å². The third-order valence-corrected chi connectivity index (χ3v) is 5.52. The number of amides is 1. The van der Waals surface area contributed by atoms with E-state index in [2.05, 4.69) is 10.8 Å². The van der Waals surface area contributed by atoms with Crippen LogP contribution in [0.3, 0.4) is 0 Å². The lowest BCUT2D eigenvalue weighted by atomic mass is 10.1. The van der Waals surface area contributed by atoms with Crippen molar-refractivity contribution in [1.29, 1.82) is 0 Å². The van der Waals surface area contributed by atoms with Crippen LogP contribution >= 0.6 is 0 Å². The number of sulfonamides is 1. The molecule has 0 aromatic heterocycles. The molecular formula is C15H17FN2O3S. The number of halogens is 1. The second kappa shape index (κ2) is 5.81. The minimum Gasteiger partial charge on any atom is -0.332 e. The molecule has 1 fully saturated rings. The summed E-state index contributed by atoms with van der Waals surface area (Å²) in [6.07, 6.45) is 6.76. The zero-order chi connectivity index (χ0) is 15.7. The highest BCUT2D eigenvalue weighted by molar-refractivity contribution is 7.89. The molecule has 3 rings (SSSR count). The Hall–Kier alpha value is -1.73. The maximum absolute atomic E-state index is 13.1. The van der Waals surface area contributed by atoms with Gasteiger partial charge in [-0.3, -0.25) is 4.79 Å². The fourth-order valence-electron chi connectivity index (χ4n) is 3.08. The van der Waals surface area contributed by atoms with Gasteiger partial charge in [-0.1, -0.05) is 18.2 Å². The van der Waals surface area contributed by atoms with Crippen molar-refractivity contribution < 1.29 is 17.6 Å². The smallest absolute Gasteiger partial charge is 0.241 e. The van der Waals surface area contributed by atoms with E-state index in [0.29, 0.717) is 0 Å². The zero-order valence-electron chi connectivity index (χ0n) is 11.9. The summed E-state index contributed by atoms with van der Waals surface area (Å²) in [6, 6.07) is 4.96. The Morgan fingerprint density at radius 1 is 1.36 bits per heavy atom. The van der Waals surface area contributed by atoms with Crippen molar-refractivity contribution >= 4 is 15.9 Å². The molecule has 2 aliphatic heterocycles. The molecule has 1 amide bonds. The van der Waals surface area contributed by atoms with Crippen molar-refractivity contribution in [3.8, 4) is 0 Å².